The number of hydrogen-bond donors (Lipinski definition) is 0. The first-order valence-electron chi connectivity index (χ1n) is 8.01. The number of hydrogen-bond acceptors (Lipinski definition) is 1. The van der Waals surface area contributed by atoms with Gasteiger partial charge in [-0.05, 0) is 25.3 Å². The molecule has 3 nitrogen and oxygen atoms in total. The Morgan fingerprint density at radius 2 is 2.10 bits per heavy atom. The minimum atomic E-state index is 0.464. The van der Waals surface area contributed by atoms with Gasteiger partial charge in [0.15, 0.2) is 6.73 Å². The van der Waals surface area contributed by atoms with Crippen molar-refractivity contribution in [1.29, 1.82) is 0 Å². The van der Waals surface area contributed by atoms with Gasteiger partial charge in [0.05, 0.1) is 6.10 Å². The van der Waals surface area contributed by atoms with Crippen molar-refractivity contribution in [2.45, 2.75) is 58.4 Å². The van der Waals surface area contributed by atoms with E-state index in [1.807, 2.05) is 0 Å². The summed E-state index contributed by atoms with van der Waals surface area (Å²) in [6.45, 7) is 3.72. The molecule has 0 aliphatic heterocycles. The Hall–Kier alpha value is -1.61. The highest BCUT2D eigenvalue weighted by molar-refractivity contribution is 5.21. The zero-order valence-corrected chi connectivity index (χ0v) is 12.9. The number of aromatic nitrogens is 2. The lowest BCUT2D eigenvalue weighted by Gasteiger charge is -2.20. The van der Waals surface area contributed by atoms with Gasteiger partial charge in [-0.25, -0.2) is 9.13 Å². The van der Waals surface area contributed by atoms with E-state index < -0.39 is 0 Å². The quantitative estimate of drug-likeness (QED) is 0.770. The van der Waals surface area contributed by atoms with Gasteiger partial charge in [0.2, 0.25) is 6.33 Å². The van der Waals surface area contributed by atoms with E-state index in [0.29, 0.717) is 12.8 Å². The summed E-state index contributed by atoms with van der Waals surface area (Å²) in [5.74, 6) is 0. The summed E-state index contributed by atoms with van der Waals surface area (Å²) >= 11 is 0. The van der Waals surface area contributed by atoms with Crippen molar-refractivity contribution in [1.82, 2.24) is 4.57 Å². The Balaban J connectivity index is 1.53. The van der Waals surface area contributed by atoms with Gasteiger partial charge in [-0.2, -0.15) is 0 Å². The van der Waals surface area contributed by atoms with Crippen LogP contribution in [0.4, 0.5) is 0 Å². The van der Waals surface area contributed by atoms with Gasteiger partial charge in [-0.1, -0.05) is 49.1 Å². The molecule has 0 bridgehead atoms. The van der Waals surface area contributed by atoms with Gasteiger partial charge in [-0.3, -0.25) is 0 Å². The topological polar surface area (TPSA) is 18.0 Å². The highest BCUT2D eigenvalue weighted by Crippen LogP contribution is 2.20. The van der Waals surface area contributed by atoms with E-state index in [0.717, 1.165) is 6.54 Å². The third-order valence-electron chi connectivity index (χ3n) is 4.21. The normalized spacial score (nSPS) is 16.2. The predicted octanol–water partition coefficient (Wildman–Crippen LogP) is 3.44. The van der Waals surface area contributed by atoms with Crippen LogP contribution in [-0.4, -0.2) is 10.7 Å². The molecule has 1 heterocycles. The molecule has 0 N–H and O–H groups in total. The second kappa shape index (κ2) is 6.90. The molecule has 0 radical (unpaired) electrons. The van der Waals surface area contributed by atoms with Crippen LogP contribution in [0.3, 0.4) is 0 Å². The van der Waals surface area contributed by atoms with Crippen LogP contribution in [0.25, 0.3) is 0 Å². The molecule has 0 spiro atoms. The molecule has 3 heteroatoms. The van der Waals surface area contributed by atoms with Crippen LogP contribution in [0, 0.1) is 6.92 Å². The molecule has 0 saturated heterocycles. The maximum atomic E-state index is 6.00. The summed E-state index contributed by atoms with van der Waals surface area (Å²) in [4.78, 5) is 0. The summed E-state index contributed by atoms with van der Waals surface area (Å²) in [5.41, 5.74) is 2.65. The molecule has 1 aromatic heterocycles. The monoisotopic (exact) mass is 285 g/mol. The van der Waals surface area contributed by atoms with Gasteiger partial charge in [-0.15, -0.1) is 0 Å². The first-order valence-corrected chi connectivity index (χ1v) is 8.01. The first kappa shape index (κ1) is 14.3. The standard InChI is InChI=1S/C18H25N2O/c1-16-6-5-7-17(12-16)13-19-10-11-20(14-19)15-21-18-8-3-2-4-9-18/h5-7,10-12,14,18H,2-4,8-9,13,15H2,1H3/q+1. The number of nitrogens with zero attached hydrogens (tertiary/aromatic N) is 2. The molecule has 1 aliphatic rings. The first-order chi connectivity index (χ1) is 10.3. The molecule has 21 heavy (non-hydrogen) atoms. The van der Waals surface area contributed by atoms with Gasteiger partial charge < -0.3 is 4.74 Å². The van der Waals surface area contributed by atoms with Gasteiger partial charge >= 0.3 is 0 Å². The van der Waals surface area contributed by atoms with Crippen molar-refractivity contribution >= 4 is 0 Å². The van der Waals surface area contributed by atoms with Crippen molar-refractivity contribution in [3.8, 4) is 0 Å². The molecule has 0 unspecified atom stereocenters. The maximum absolute atomic E-state index is 6.00. The fourth-order valence-electron chi connectivity index (χ4n) is 3.05. The van der Waals surface area contributed by atoms with Crippen LogP contribution < -0.4 is 4.57 Å². The van der Waals surface area contributed by atoms with Crippen LogP contribution in [0.2, 0.25) is 0 Å². The van der Waals surface area contributed by atoms with Crippen LogP contribution in [0.15, 0.2) is 43.0 Å². The minimum Gasteiger partial charge on any atom is -0.338 e. The lowest BCUT2D eigenvalue weighted by molar-refractivity contribution is -0.688. The van der Waals surface area contributed by atoms with Gasteiger partial charge in [0.25, 0.3) is 0 Å². The number of rotatable bonds is 5. The molecule has 1 fully saturated rings. The van der Waals surface area contributed by atoms with Crippen molar-refractivity contribution < 1.29 is 9.30 Å². The molecule has 0 atom stereocenters. The Morgan fingerprint density at radius 1 is 1.24 bits per heavy atom. The summed E-state index contributed by atoms with van der Waals surface area (Å²) in [5, 5.41) is 0. The summed E-state index contributed by atoms with van der Waals surface area (Å²) in [6, 6.07) is 8.67. The fraction of sp³-hybridized carbons (Fsp3) is 0.500. The number of aryl methyl sites for hydroxylation is 1. The minimum absolute atomic E-state index is 0.464. The lowest BCUT2D eigenvalue weighted by atomic mass is 9.98. The highest BCUT2D eigenvalue weighted by Gasteiger charge is 2.15. The molecule has 112 valence electrons. The van der Waals surface area contributed by atoms with Crippen LogP contribution >= 0.6 is 0 Å². The molecule has 1 aliphatic carbocycles. The molecule has 2 aromatic rings. The zero-order chi connectivity index (χ0) is 14.5. The van der Waals surface area contributed by atoms with E-state index in [4.69, 9.17) is 4.74 Å². The van der Waals surface area contributed by atoms with E-state index in [1.54, 1.807) is 0 Å². The van der Waals surface area contributed by atoms with E-state index in [-0.39, 0.29) is 0 Å². The summed E-state index contributed by atoms with van der Waals surface area (Å²) in [7, 11) is 0. The Bertz CT molecular complexity index is 570. The van der Waals surface area contributed by atoms with Gasteiger partial charge in [0, 0.05) is 0 Å². The van der Waals surface area contributed by atoms with Crippen LogP contribution in [-0.2, 0) is 18.0 Å². The third-order valence-corrected chi connectivity index (χ3v) is 4.21. The molecule has 0 amide bonds. The number of imidazole rings is 1. The van der Waals surface area contributed by atoms with Gasteiger partial charge in [0.1, 0.15) is 18.9 Å². The zero-order valence-electron chi connectivity index (χ0n) is 12.9. The second-order valence-corrected chi connectivity index (χ2v) is 6.15. The van der Waals surface area contributed by atoms with E-state index >= 15 is 0 Å². The molecule has 1 aromatic carbocycles. The predicted molar refractivity (Wildman–Crippen MR) is 82.9 cm³/mol. The third kappa shape index (κ3) is 4.18. The lowest BCUT2D eigenvalue weighted by Crippen LogP contribution is -2.31. The second-order valence-electron chi connectivity index (χ2n) is 6.15. The van der Waals surface area contributed by atoms with Crippen LogP contribution in [0.5, 0.6) is 0 Å². The molecular weight excluding hydrogens is 260 g/mol. The smallest absolute Gasteiger partial charge is 0.245 e. The van der Waals surface area contributed by atoms with E-state index in [2.05, 4.69) is 59.0 Å². The maximum Gasteiger partial charge on any atom is 0.245 e. The average Bonchev–Trinajstić information content (AvgIpc) is 2.94. The summed E-state index contributed by atoms with van der Waals surface area (Å²) in [6.07, 6.45) is 13.3. The Labute approximate surface area is 127 Å². The number of ether oxygens (including phenoxy) is 1. The van der Waals surface area contributed by atoms with Crippen molar-refractivity contribution in [3.05, 3.63) is 54.1 Å². The largest absolute Gasteiger partial charge is 0.338 e. The van der Waals surface area contributed by atoms with Crippen LogP contribution in [0.1, 0.15) is 43.2 Å². The Morgan fingerprint density at radius 3 is 2.90 bits per heavy atom. The molecule has 1 saturated carbocycles. The molecular formula is C18H25N2O+. The van der Waals surface area contributed by atoms with E-state index in [9.17, 15) is 0 Å². The van der Waals surface area contributed by atoms with Crippen molar-refractivity contribution in [3.63, 3.8) is 0 Å². The summed E-state index contributed by atoms with van der Waals surface area (Å²) < 4.78 is 10.3. The highest BCUT2D eigenvalue weighted by atomic mass is 16.5. The van der Waals surface area contributed by atoms with Crippen molar-refractivity contribution in [2.75, 3.05) is 0 Å². The average molecular weight is 285 g/mol. The molecule has 3 rings (SSSR count). The number of benzene rings is 1. The van der Waals surface area contributed by atoms with Crippen molar-refractivity contribution in [2.24, 2.45) is 0 Å². The Kier molecular flexibility index (Phi) is 4.71. The fourth-order valence-corrected chi connectivity index (χ4v) is 3.05. The van der Waals surface area contributed by atoms with E-state index in [1.165, 1.54) is 43.2 Å². The SMILES string of the molecule is Cc1cccc(C[n+]2ccn(COC3CCCCC3)c2)c1.